The van der Waals surface area contributed by atoms with E-state index in [9.17, 15) is 9.59 Å². The van der Waals surface area contributed by atoms with Gasteiger partial charge >= 0.3 is 5.97 Å². The Balaban J connectivity index is 0.00000261. The van der Waals surface area contributed by atoms with Gasteiger partial charge in [0.15, 0.2) is 0 Å². The van der Waals surface area contributed by atoms with Gasteiger partial charge in [0, 0.05) is 24.2 Å². The monoisotopic (exact) mass is 387 g/mol. The fraction of sp³-hybridized carbons (Fsp3) is 0.250. The minimum atomic E-state index is -0.813. The summed E-state index contributed by atoms with van der Waals surface area (Å²) in [7, 11) is 0. The maximum Gasteiger partial charge on any atom is 0.303 e. The van der Waals surface area contributed by atoms with Crippen molar-refractivity contribution in [1.29, 1.82) is 5.41 Å². The summed E-state index contributed by atoms with van der Waals surface area (Å²) in [5.41, 5.74) is 8.81. The van der Waals surface area contributed by atoms with Gasteiger partial charge in [-0.1, -0.05) is 24.3 Å². The molecule has 1 atom stereocenters. The number of carboxylic acids is 1. The summed E-state index contributed by atoms with van der Waals surface area (Å²) in [5.74, 6) is -0.938. The molecule has 2 aromatic rings. The lowest BCUT2D eigenvalue weighted by molar-refractivity contribution is -0.137. The molecular formula is C20H22ClN3O3. The number of nitrogen functional groups attached to an aromatic ring is 1. The smallest absolute Gasteiger partial charge is 0.303 e. The van der Waals surface area contributed by atoms with Gasteiger partial charge in [-0.15, -0.1) is 12.4 Å². The highest BCUT2D eigenvalue weighted by Crippen LogP contribution is 2.32. The number of carboxylic acid groups (broad SMARTS) is 1. The predicted molar refractivity (Wildman–Crippen MR) is 107 cm³/mol. The van der Waals surface area contributed by atoms with Crippen LogP contribution in [0.1, 0.15) is 35.4 Å². The van der Waals surface area contributed by atoms with Crippen LogP contribution in [0.15, 0.2) is 48.5 Å². The third kappa shape index (κ3) is 4.65. The second-order valence-electron chi connectivity index (χ2n) is 6.43. The number of nitrogens with one attached hydrogen (secondary N) is 1. The zero-order valence-corrected chi connectivity index (χ0v) is 15.5. The Bertz CT molecular complexity index is 835. The molecule has 3 rings (SSSR count). The molecule has 142 valence electrons. The Morgan fingerprint density at radius 2 is 1.78 bits per heavy atom. The molecule has 0 spiro atoms. The van der Waals surface area contributed by atoms with E-state index < -0.39 is 5.97 Å². The maximum atomic E-state index is 12.8. The molecular weight excluding hydrogens is 366 g/mol. The lowest BCUT2D eigenvalue weighted by Crippen LogP contribution is -2.26. The number of carbonyl (C=O) groups excluding carboxylic acids is 1. The standard InChI is InChI=1S/C20H21N3O3.ClH/c21-19(22)15-6-8-16(9-7-15)23-12-11-17(20(23)26)14-4-1-13(2-5-14)3-10-18(24)25;/h1-2,4-9,17H,3,10-12H2,(H3,21,22)(H,24,25);1H. The molecule has 1 amide bonds. The first kappa shape index (κ1) is 20.5. The van der Waals surface area contributed by atoms with E-state index in [1.165, 1.54) is 0 Å². The number of anilines is 1. The second-order valence-corrected chi connectivity index (χ2v) is 6.43. The first-order valence-electron chi connectivity index (χ1n) is 8.52. The van der Waals surface area contributed by atoms with Gasteiger partial charge in [-0.3, -0.25) is 15.0 Å². The van der Waals surface area contributed by atoms with Crippen LogP contribution < -0.4 is 10.6 Å². The third-order valence-electron chi connectivity index (χ3n) is 4.71. The number of benzene rings is 2. The summed E-state index contributed by atoms with van der Waals surface area (Å²) < 4.78 is 0. The summed E-state index contributed by atoms with van der Waals surface area (Å²) in [6, 6.07) is 14.7. The molecule has 0 aromatic heterocycles. The number of nitrogens with two attached hydrogens (primary N) is 1. The van der Waals surface area contributed by atoms with Crippen LogP contribution >= 0.6 is 12.4 Å². The quantitative estimate of drug-likeness (QED) is 0.523. The number of hydrogen-bond donors (Lipinski definition) is 3. The van der Waals surface area contributed by atoms with Crippen LogP contribution in [0.4, 0.5) is 5.69 Å². The largest absolute Gasteiger partial charge is 0.481 e. The van der Waals surface area contributed by atoms with Gasteiger partial charge in [-0.05, 0) is 48.2 Å². The average molecular weight is 388 g/mol. The number of halogens is 1. The number of rotatable bonds is 6. The molecule has 27 heavy (non-hydrogen) atoms. The highest BCUT2D eigenvalue weighted by Gasteiger charge is 2.33. The zero-order chi connectivity index (χ0) is 18.7. The van der Waals surface area contributed by atoms with Crippen LogP contribution in [0.2, 0.25) is 0 Å². The first-order chi connectivity index (χ1) is 12.5. The van der Waals surface area contributed by atoms with E-state index in [1.807, 2.05) is 36.4 Å². The minimum absolute atomic E-state index is 0. The van der Waals surface area contributed by atoms with Crippen LogP contribution in [0.3, 0.4) is 0 Å². The number of nitrogens with zero attached hydrogens (tertiary/aromatic N) is 1. The van der Waals surface area contributed by atoms with E-state index in [1.54, 1.807) is 17.0 Å². The van der Waals surface area contributed by atoms with Crippen molar-refractivity contribution in [2.45, 2.75) is 25.2 Å². The zero-order valence-electron chi connectivity index (χ0n) is 14.7. The van der Waals surface area contributed by atoms with Gasteiger partial charge < -0.3 is 15.7 Å². The number of carbonyl (C=O) groups is 2. The summed E-state index contributed by atoms with van der Waals surface area (Å²) in [6.45, 7) is 0.643. The van der Waals surface area contributed by atoms with Crippen molar-refractivity contribution in [2.24, 2.45) is 5.73 Å². The van der Waals surface area contributed by atoms with Crippen LogP contribution in [0, 0.1) is 5.41 Å². The number of amides is 1. The Kier molecular flexibility index (Phi) is 6.58. The van der Waals surface area contributed by atoms with E-state index in [0.29, 0.717) is 18.5 Å². The Labute approximate surface area is 163 Å². The van der Waals surface area contributed by atoms with Gasteiger partial charge in [0.1, 0.15) is 5.84 Å². The summed E-state index contributed by atoms with van der Waals surface area (Å²) in [4.78, 5) is 25.2. The fourth-order valence-electron chi connectivity index (χ4n) is 3.23. The molecule has 6 nitrogen and oxygen atoms in total. The Morgan fingerprint density at radius 3 is 2.33 bits per heavy atom. The van der Waals surface area contributed by atoms with E-state index in [0.717, 1.165) is 23.2 Å². The molecule has 4 N–H and O–H groups in total. The van der Waals surface area contributed by atoms with Crippen molar-refractivity contribution >= 4 is 35.8 Å². The van der Waals surface area contributed by atoms with E-state index in [2.05, 4.69) is 0 Å². The Morgan fingerprint density at radius 1 is 1.15 bits per heavy atom. The van der Waals surface area contributed by atoms with Gasteiger partial charge in [0.25, 0.3) is 0 Å². The lowest BCUT2D eigenvalue weighted by atomic mass is 9.96. The topological polar surface area (TPSA) is 107 Å². The maximum absolute atomic E-state index is 12.8. The summed E-state index contributed by atoms with van der Waals surface area (Å²) in [5, 5.41) is 16.2. The molecule has 0 saturated carbocycles. The fourth-order valence-corrected chi connectivity index (χ4v) is 3.23. The van der Waals surface area contributed by atoms with Gasteiger partial charge in [0.05, 0.1) is 5.92 Å². The van der Waals surface area contributed by atoms with E-state index >= 15 is 0 Å². The molecule has 0 aliphatic carbocycles. The normalized spacial score (nSPS) is 16.1. The van der Waals surface area contributed by atoms with Crippen LogP contribution in [0.25, 0.3) is 0 Å². The highest BCUT2D eigenvalue weighted by molar-refractivity contribution is 6.01. The number of hydrogen-bond acceptors (Lipinski definition) is 3. The van der Waals surface area contributed by atoms with E-state index in [-0.39, 0.29) is 36.5 Å². The molecule has 1 fully saturated rings. The number of aliphatic carboxylic acids is 1. The van der Waals surface area contributed by atoms with E-state index in [4.69, 9.17) is 16.2 Å². The highest BCUT2D eigenvalue weighted by atomic mass is 35.5. The molecule has 0 bridgehead atoms. The van der Waals surface area contributed by atoms with Crippen molar-refractivity contribution in [3.63, 3.8) is 0 Å². The van der Waals surface area contributed by atoms with Gasteiger partial charge in [0.2, 0.25) is 5.91 Å². The van der Waals surface area contributed by atoms with Crippen molar-refractivity contribution in [2.75, 3.05) is 11.4 Å². The van der Waals surface area contributed by atoms with Crippen LogP contribution in [0.5, 0.6) is 0 Å². The van der Waals surface area contributed by atoms with Crippen molar-refractivity contribution in [3.8, 4) is 0 Å². The molecule has 2 aromatic carbocycles. The van der Waals surface area contributed by atoms with Gasteiger partial charge in [-0.2, -0.15) is 0 Å². The molecule has 1 aliphatic rings. The average Bonchev–Trinajstić information content (AvgIpc) is 3.02. The molecule has 7 heteroatoms. The SMILES string of the molecule is Cl.N=C(N)c1ccc(N2CCC(c3ccc(CCC(=O)O)cc3)C2=O)cc1. The molecule has 1 saturated heterocycles. The van der Waals surface area contributed by atoms with Crippen molar-refractivity contribution in [1.82, 2.24) is 0 Å². The van der Waals surface area contributed by atoms with Crippen LogP contribution in [-0.4, -0.2) is 29.4 Å². The van der Waals surface area contributed by atoms with Crippen LogP contribution in [-0.2, 0) is 16.0 Å². The molecule has 1 heterocycles. The predicted octanol–water partition coefficient (Wildman–Crippen LogP) is 2.93. The Hall–Kier alpha value is -2.86. The molecule has 1 aliphatic heterocycles. The van der Waals surface area contributed by atoms with Crippen molar-refractivity contribution in [3.05, 3.63) is 65.2 Å². The first-order valence-corrected chi connectivity index (χ1v) is 8.52. The lowest BCUT2D eigenvalue weighted by Gasteiger charge is -2.17. The minimum Gasteiger partial charge on any atom is -0.481 e. The third-order valence-corrected chi connectivity index (χ3v) is 4.71. The summed E-state index contributed by atoms with van der Waals surface area (Å²) in [6.07, 6.45) is 1.33. The van der Waals surface area contributed by atoms with Gasteiger partial charge in [-0.25, -0.2) is 0 Å². The number of aryl methyl sites for hydroxylation is 1. The molecule has 1 unspecified atom stereocenters. The number of amidine groups is 1. The summed E-state index contributed by atoms with van der Waals surface area (Å²) >= 11 is 0. The molecule has 0 radical (unpaired) electrons. The second kappa shape index (κ2) is 8.68. The van der Waals surface area contributed by atoms with Crippen molar-refractivity contribution < 1.29 is 14.7 Å².